The maximum atomic E-state index is 12.4. The number of halogens is 3. The number of piperidine rings is 1. The highest BCUT2D eigenvalue weighted by Gasteiger charge is 2.55. The molecular weight excluding hydrogens is 247 g/mol. The maximum absolute atomic E-state index is 12.4. The van der Waals surface area contributed by atoms with Gasteiger partial charge in [-0.1, -0.05) is 0 Å². The van der Waals surface area contributed by atoms with Gasteiger partial charge < -0.3 is 5.11 Å². The quantitative estimate of drug-likeness (QED) is 0.797. The number of sulfonamides is 1. The Morgan fingerprint density at radius 2 is 1.75 bits per heavy atom. The molecular formula is C8H14F3NO3S. The molecule has 1 N–H and O–H groups in total. The van der Waals surface area contributed by atoms with Crippen LogP contribution in [-0.2, 0) is 10.0 Å². The van der Waals surface area contributed by atoms with Gasteiger partial charge in [0.25, 0.3) is 0 Å². The van der Waals surface area contributed by atoms with E-state index in [9.17, 15) is 26.7 Å². The molecule has 0 aromatic rings. The van der Waals surface area contributed by atoms with Gasteiger partial charge in [-0.05, 0) is 19.8 Å². The molecule has 1 rings (SSSR count). The Balaban J connectivity index is 2.72. The SMILES string of the molecule is CCS(=O)(=O)N1CCC(O)(C(F)(F)F)CC1. The van der Waals surface area contributed by atoms with Gasteiger partial charge >= 0.3 is 6.18 Å². The topological polar surface area (TPSA) is 57.6 Å². The van der Waals surface area contributed by atoms with Gasteiger partial charge in [-0.15, -0.1) is 0 Å². The lowest BCUT2D eigenvalue weighted by atomic mass is 9.92. The minimum absolute atomic E-state index is 0.141. The van der Waals surface area contributed by atoms with Gasteiger partial charge in [0.05, 0.1) is 5.75 Å². The van der Waals surface area contributed by atoms with Gasteiger partial charge in [0.1, 0.15) is 0 Å². The van der Waals surface area contributed by atoms with E-state index in [0.29, 0.717) is 0 Å². The van der Waals surface area contributed by atoms with E-state index in [4.69, 9.17) is 0 Å². The molecule has 16 heavy (non-hydrogen) atoms. The van der Waals surface area contributed by atoms with Crippen LogP contribution >= 0.6 is 0 Å². The molecule has 1 aliphatic heterocycles. The van der Waals surface area contributed by atoms with Crippen molar-refractivity contribution in [3.8, 4) is 0 Å². The third-order valence-electron chi connectivity index (χ3n) is 2.84. The van der Waals surface area contributed by atoms with Crippen molar-refractivity contribution in [1.29, 1.82) is 0 Å². The van der Waals surface area contributed by atoms with E-state index < -0.39 is 34.6 Å². The van der Waals surface area contributed by atoms with Crippen LogP contribution in [0.1, 0.15) is 19.8 Å². The lowest BCUT2D eigenvalue weighted by molar-refractivity contribution is -0.270. The third kappa shape index (κ3) is 2.49. The van der Waals surface area contributed by atoms with Crippen molar-refractivity contribution in [1.82, 2.24) is 4.31 Å². The Bertz CT molecular complexity index is 344. The molecule has 0 aromatic carbocycles. The van der Waals surface area contributed by atoms with Crippen LogP contribution in [-0.4, -0.2) is 48.4 Å². The minimum atomic E-state index is -4.70. The first kappa shape index (κ1) is 13.7. The predicted octanol–water partition coefficient (Wildman–Crippen LogP) is 0.725. The van der Waals surface area contributed by atoms with Gasteiger partial charge in [0.2, 0.25) is 10.0 Å². The van der Waals surface area contributed by atoms with E-state index in [1.807, 2.05) is 0 Å². The molecule has 0 aliphatic carbocycles. The van der Waals surface area contributed by atoms with Crippen LogP contribution in [0.5, 0.6) is 0 Å². The highest BCUT2D eigenvalue weighted by atomic mass is 32.2. The van der Waals surface area contributed by atoms with Gasteiger partial charge in [-0.25, -0.2) is 12.7 Å². The van der Waals surface area contributed by atoms with Crippen LogP contribution in [0.25, 0.3) is 0 Å². The van der Waals surface area contributed by atoms with E-state index >= 15 is 0 Å². The molecule has 1 aliphatic rings. The monoisotopic (exact) mass is 261 g/mol. The fraction of sp³-hybridized carbons (Fsp3) is 1.00. The van der Waals surface area contributed by atoms with E-state index in [2.05, 4.69) is 0 Å². The molecule has 0 spiro atoms. The summed E-state index contributed by atoms with van der Waals surface area (Å²) in [6.45, 7) is 0.859. The van der Waals surface area contributed by atoms with Crippen LogP contribution in [0.2, 0.25) is 0 Å². The smallest absolute Gasteiger partial charge is 0.380 e. The molecule has 0 bridgehead atoms. The van der Waals surface area contributed by atoms with Crippen LogP contribution in [0.15, 0.2) is 0 Å². The van der Waals surface area contributed by atoms with Crippen LogP contribution in [0, 0.1) is 0 Å². The lowest BCUT2D eigenvalue weighted by Crippen LogP contribution is -2.54. The maximum Gasteiger partial charge on any atom is 0.417 e. The number of hydrogen-bond acceptors (Lipinski definition) is 3. The second-order valence-corrected chi connectivity index (χ2v) is 6.09. The molecule has 0 saturated carbocycles. The summed E-state index contributed by atoms with van der Waals surface area (Å²) in [6.07, 6.45) is -5.90. The first-order valence-corrected chi connectivity index (χ1v) is 6.50. The van der Waals surface area contributed by atoms with Crippen molar-refractivity contribution in [2.24, 2.45) is 0 Å². The Labute approximate surface area is 92.1 Å². The Kier molecular flexibility index (Phi) is 3.56. The molecule has 1 saturated heterocycles. The molecule has 0 aromatic heterocycles. The second-order valence-electron chi connectivity index (χ2n) is 3.83. The molecule has 0 radical (unpaired) electrons. The summed E-state index contributed by atoms with van der Waals surface area (Å²) < 4.78 is 61.0. The number of hydrogen-bond donors (Lipinski definition) is 1. The highest BCUT2D eigenvalue weighted by molar-refractivity contribution is 7.89. The Morgan fingerprint density at radius 3 is 2.06 bits per heavy atom. The van der Waals surface area contributed by atoms with Gasteiger partial charge in [0, 0.05) is 13.1 Å². The van der Waals surface area contributed by atoms with Crippen molar-refractivity contribution in [2.75, 3.05) is 18.8 Å². The molecule has 0 unspecified atom stereocenters. The van der Waals surface area contributed by atoms with Crippen molar-refractivity contribution in [3.05, 3.63) is 0 Å². The predicted molar refractivity (Wildman–Crippen MR) is 51.3 cm³/mol. The van der Waals surface area contributed by atoms with Crippen molar-refractivity contribution >= 4 is 10.0 Å². The fourth-order valence-electron chi connectivity index (χ4n) is 1.60. The summed E-state index contributed by atoms with van der Waals surface area (Å²) in [5.74, 6) is -0.141. The molecule has 1 heterocycles. The molecule has 8 heteroatoms. The fourth-order valence-corrected chi connectivity index (χ4v) is 2.70. The van der Waals surface area contributed by atoms with Crippen LogP contribution in [0.3, 0.4) is 0 Å². The highest BCUT2D eigenvalue weighted by Crippen LogP contribution is 2.38. The third-order valence-corrected chi connectivity index (χ3v) is 4.72. The summed E-state index contributed by atoms with van der Waals surface area (Å²) in [6, 6.07) is 0. The van der Waals surface area contributed by atoms with E-state index in [-0.39, 0.29) is 18.8 Å². The zero-order valence-corrected chi connectivity index (χ0v) is 9.61. The molecule has 4 nitrogen and oxygen atoms in total. The normalized spacial score (nSPS) is 23.3. The van der Waals surface area contributed by atoms with Gasteiger partial charge in [-0.3, -0.25) is 0 Å². The first-order valence-electron chi connectivity index (χ1n) is 4.89. The molecule has 96 valence electrons. The van der Waals surface area contributed by atoms with Gasteiger partial charge in [-0.2, -0.15) is 13.2 Å². The Morgan fingerprint density at radius 1 is 1.31 bits per heavy atom. The van der Waals surface area contributed by atoms with Crippen LogP contribution in [0.4, 0.5) is 13.2 Å². The van der Waals surface area contributed by atoms with Crippen LogP contribution < -0.4 is 0 Å². The van der Waals surface area contributed by atoms with Crippen molar-refractivity contribution < 1.29 is 26.7 Å². The first-order chi connectivity index (χ1) is 7.12. The summed E-state index contributed by atoms with van der Waals surface area (Å²) in [7, 11) is -3.46. The minimum Gasteiger partial charge on any atom is -0.380 e. The lowest BCUT2D eigenvalue weighted by Gasteiger charge is -2.38. The van der Waals surface area contributed by atoms with E-state index in [1.54, 1.807) is 0 Å². The zero-order valence-electron chi connectivity index (χ0n) is 8.79. The van der Waals surface area contributed by atoms with Gasteiger partial charge in [0.15, 0.2) is 5.60 Å². The number of aliphatic hydroxyl groups is 1. The Hall–Kier alpha value is -0.340. The summed E-state index contributed by atoms with van der Waals surface area (Å²) in [5, 5.41) is 9.32. The number of nitrogens with zero attached hydrogens (tertiary/aromatic N) is 1. The average Bonchev–Trinajstić information content (AvgIpc) is 2.17. The van der Waals surface area contributed by atoms with Crippen molar-refractivity contribution in [2.45, 2.75) is 31.5 Å². The second kappa shape index (κ2) is 4.15. The largest absolute Gasteiger partial charge is 0.417 e. The molecule has 0 amide bonds. The summed E-state index contributed by atoms with van der Waals surface area (Å²) in [5.41, 5.74) is -2.74. The van der Waals surface area contributed by atoms with E-state index in [0.717, 1.165) is 4.31 Å². The summed E-state index contributed by atoms with van der Waals surface area (Å²) in [4.78, 5) is 0. The van der Waals surface area contributed by atoms with Crippen molar-refractivity contribution in [3.63, 3.8) is 0 Å². The van der Waals surface area contributed by atoms with E-state index in [1.165, 1.54) is 6.92 Å². The number of rotatable bonds is 2. The molecule has 1 fully saturated rings. The molecule has 0 atom stereocenters. The summed E-state index contributed by atoms with van der Waals surface area (Å²) >= 11 is 0. The zero-order chi connectivity index (χ0) is 12.6. The average molecular weight is 261 g/mol. The number of alkyl halides is 3. The standard InChI is InChI=1S/C8H14F3NO3S/c1-2-16(14,15)12-5-3-7(13,4-6-12)8(9,10)11/h13H,2-6H2,1H3.